The van der Waals surface area contributed by atoms with Crippen molar-refractivity contribution >= 4 is 17.5 Å². The summed E-state index contributed by atoms with van der Waals surface area (Å²) in [5.74, 6) is -0.770. The van der Waals surface area contributed by atoms with Crippen molar-refractivity contribution in [3.8, 4) is 0 Å². The van der Waals surface area contributed by atoms with Gasteiger partial charge in [-0.1, -0.05) is 17.2 Å². The van der Waals surface area contributed by atoms with Crippen LogP contribution < -0.4 is 16.2 Å². The van der Waals surface area contributed by atoms with Gasteiger partial charge in [-0.3, -0.25) is 14.4 Å². The largest absolute Gasteiger partial charge is 0.343 e. The van der Waals surface area contributed by atoms with E-state index in [0.29, 0.717) is 11.1 Å². The minimum absolute atomic E-state index is 0.205. The number of anilines is 1. The molecule has 0 atom stereocenters. The van der Waals surface area contributed by atoms with Crippen LogP contribution in [0.1, 0.15) is 27.0 Å². The van der Waals surface area contributed by atoms with E-state index in [4.69, 9.17) is 0 Å². The van der Waals surface area contributed by atoms with E-state index in [0.717, 1.165) is 11.1 Å². The van der Waals surface area contributed by atoms with Crippen LogP contribution in [0, 0.1) is 20.8 Å². The third-order valence-electron chi connectivity index (χ3n) is 3.63. The number of carbonyl (C=O) groups is 2. The molecule has 6 heteroatoms. The Morgan fingerprint density at radius 2 is 1.71 bits per heavy atom. The summed E-state index contributed by atoms with van der Waals surface area (Å²) in [5.41, 5.74) is 3.08. The van der Waals surface area contributed by atoms with Crippen LogP contribution in [0.5, 0.6) is 0 Å². The van der Waals surface area contributed by atoms with E-state index in [-0.39, 0.29) is 23.7 Å². The number of carbonyl (C=O) groups excluding carboxylic acids is 2. The van der Waals surface area contributed by atoms with E-state index < -0.39 is 5.91 Å². The maximum atomic E-state index is 12.1. The Kier molecular flexibility index (Phi) is 5.18. The highest BCUT2D eigenvalue weighted by Gasteiger charge is 2.12. The van der Waals surface area contributed by atoms with Gasteiger partial charge >= 0.3 is 0 Å². The number of aromatic nitrogens is 1. The average Bonchev–Trinajstić information content (AvgIpc) is 2.52. The summed E-state index contributed by atoms with van der Waals surface area (Å²) in [6.45, 7) is 5.35. The van der Waals surface area contributed by atoms with Gasteiger partial charge in [0, 0.05) is 18.8 Å². The fraction of sp³-hybridized carbons (Fsp3) is 0.278. The zero-order valence-electron chi connectivity index (χ0n) is 14.3. The minimum Gasteiger partial charge on any atom is -0.343 e. The van der Waals surface area contributed by atoms with Crippen molar-refractivity contribution in [2.24, 2.45) is 7.05 Å². The Morgan fingerprint density at radius 3 is 2.33 bits per heavy atom. The van der Waals surface area contributed by atoms with Gasteiger partial charge in [0.05, 0.1) is 6.54 Å². The highest BCUT2D eigenvalue weighted by atomic mass is 16.2. The molecule has 1 aromatic carbocycles. The molecule has 0 bridgehead atoms. The van der Waals surface area contributed by atoms with Gasteiger partial charge in [0.1, 0.15) is 5.69 Å². The molecule has 0 aliphatic rings. The third-order valence-corrected chi connectivity index (χ3v) is 3.63. The van der Waals surface area contributed by atoms with Crippen molar-refractivity contribution in [1.29, 1.82) is 0 Å². The zero-order chi connectivity index (χ0) is 17.9. The van der Waals surface area contributed by atoms with Gasteiger partial charge in [0.25, 0.3) is 11.5 Å². The topological polar surface area (TPSA) is 80.2 Å². The van der Waals surface area contributed by atoms with Crippen LogP contribution in [-0.4, -0.2) is 22.9 Å². The molecule has 1 heterocycles. The molecular formula is C18H21N3O3. The lowest BCUT2D eigenvalue weighted by atomic mass is 10.1. The van der Waals surface area contributed by atoms with E-state index in [1.807, 2.05) is 19.9 Å². The number of benzene rings is 1. The Bertz CT molecular complexity index is 833. The Balaban J connectivity index is 2.02. The number of pyridine rings is 1. The van der Waals surface area contributed by atoms with Crippen LogP contribution in [-0.2, 0) is 11.8 Å². The van der Waals surface area contributed by atoms with Crippen molar-refractivity contribution in [2.75, 3.05) is 11.9 Å². The van der Waals surface area contributed by atoms with Gasteiger partial charge in [-0.25, -0.2) is 0 Å². The van der Waals surface area contributed by atoms with Crippen LogP contribution in [0.3, 0.4) is 0 Å². The summed E-state index contributed by atoms with van der Waals surface area (Å²) in [5, 5.41) is 5.13. The second-order valence-electron chi connectivity index (χ2n) is 5.90. The minimum atomic E-state index is -0.445. The molecule has 0 aliphatic heterocycles. The second-order valence-corrected chi connectivity index (χ2v) is 5.90. The highest BCUT2D eigenvalue weighted by Crippen LogP contribution is 2.09. The number of nitrogens with zero attached hydrogens (tertiary/aromatic N) is 1. The first-order valence-electron chi connectivity index (χ1n) is 7.60. The maximum absolute atomic E-state index is 12.1. The molecule has 1 aromatic heterocycles. The number of rotatable bonds is 4. The summed E-state index contributed by atoms with van der Waals surface area (Å²) in [4.78, 5) is 36.2. The lowest BCUT2D eigenvalue weighted by Gasteiger charge is -2.10. The molecule has 24 heavy (non-hydrogen) atoms. The van der Waals surface area contributed by atoms with E-state index in [1.165, 1.54) is 4.57 Å². The van der Waals surface area contributed by atoms with Crippen LogP contribution in [0.4, 0.5) is 5.69 Å². The molecule has 2 rings (SSSR count). The molecule has 2 N–H and O–H groups in total. The predicted octanol–water partition coefficient (Wildman–Crippen LogP) is 1.68. The lowest BCUT2D eigenvalue weighted by Crippen LogP contribution is -2.35. The number of nitrogens with one attached hydrogen (secondary N) is 2. The first-order valence-corrected chi connectivity index (χ1v) is 7.60. The van der Waals surface area contributed by atoms with Gasteiger partial charge in [0.15, 0.2) is 0 Å². The van der Waals surface area contributed by atoms with Gasteiger partial charge in [-0.15, -0.1) is 0 Å². The molecule has 0 saturated carbocycles. The fourth-order valence-electron chi connectivity index (χ4n) is 2.42. The molecular weight excluding hydrogens is 306 g/mol. The van der Waals surface area contributed by atoms with Gasteiger partial charge in [0.2, 0.25) is 5.91 Å². The quantitative estimate of drug-likeness (QED) is 0.896. The van der Waals surface area contributed by atoms with Crippen molar-refractivity contribution in [3.63, 3.8) is 0 Å². The maximum Gasteiger partial charge on any atom is 0.274 e. The number of aryl methyl sites for hydroxylation is 4. The monoisotopic (exact) mass is 327 g/mol. The van der Waals surface area contributed by atoms with Gasteiger partial charge < -0.3 is 15.2 Å². The zero-order valence-corrected chi connectivity index (χ0v) is 14.3. The van der Waals surface area contributed by atoms with E-state index in [2.05, 4.69) is 10.6 Å². The SMILES string of the molecule is Cc1cc(C)cc(C(=O)NCC(=O)Nc2c(C)ccn(C)c2=O)c1. The Labute approximate surface area is 140 Å². The molecule has 2 amide bonds. The van der Waals surface area contributed by atoms with Crippen molar-refractivity contribution in [1.82, 2.24) is 9.88 Å². The van der Waals surface area contributed by atoms with Crippen molar-refractivity contribution in [2.45, 2.75) is 20.8 Å². The van der Waals surface area contributed by atoms with Gasteiger partial charge in [-0.2, -0.15) is 0 Å². The van der Waals surface area contributed by atoms with Crippen molar-refractivity contribution in [3.05, 3.63) is 63.1 Å². The fourth-order valence-corrected chi connectivity index (χ4v) is 2.42. The van der Waals surface area contributed by atoms with Crippen LogP contribution >= 0.6 is 0 Å². The smallest absolute Gasteiger partial charge is 0.274 e. The summed E-state index contributed by atoms with van der Waals surface area (Å²) >= 11 is 0. The van der Waals surface area contributed by atoms with E-state index in [9.17, 15) is 14.4 Å². The average molecular weight is 327 g/mol. The second kappa shape index (κ2) is 7.12. The van der Waals surface area contributed by atoms with Crippen LogP contribution in [0.15, 0.2) is 35.3 Å². The number of hydrogen-bond donors (Lipinski definition) is 2. The molecule has 0 aliphatic carbocycles. The van der Waals surface area contributed by atoms with Crippen molar-refractivity contribution < 1.29 is 9.59 Å². The summed E-state index contributed by atoms with van der Waals surface area (Å²) in [7, 11) is 1.61. The first kappa shape index (κ1) is 17.5. The Morgan fingerprint density at radius 1 is 1.08 bits per heavy atom. The normalized spacial score (nSPS) is 10.3. The van der Waals surface area contributed by atoms with E-state index >= 15 is 0 Å². The van der Waals surface area contributed by atoms with E-state index in [1.54, 1.807) is 38.4 Å². The van der Waals surface area contributed by atoms with Crippen LogP contribution in [0.25, 0.3) is 0 Å². The van der Waals surface area contributed by atoms with Crippen LogP contribution in [0.2, 0.25) is 0 Å². The molecule has 0 unspecified atom stereocenters. The standard InChI is InChI=1S/C18H21N3O3/c1-11-7-12(2)9-14(8-11)17(23)19-10-15(22)20-16-13(3)5-6-21(4)18(16)24/h5-9H,10H2,1-4H3,(H,19,23)(H,20,22). The summed E-state index contributed by atoms with van der Waals surface area (Å²) in [6, 6.07) is 7.23. The third kappa shape index (κ3) is 4.10. The molecule has 126 valence electrons. The number of hydrogen-bond acceptors (Lipinski definition) is 3. The van der Waals surface area contributed by atoms with Gasteiger partial charge in [-0.05, 0) is 44.5 Å². The molecule has 0 saturated heterocycles. The Hall–Kier alpha value is -2.89. The molecule has 0 spiro atoms. The predicted molar refractivity (Wildman–Crippen MR) is 93.3 cm³/mol. The summed E-state index contributed by atoms with van der Waals surface area (Å²) in [6.07, 6.45) is 1.63. The lowest BCUT2D eigenvalue weighted by molar-refractivity contribution is -0.115. The number of amides is 2. The molecule has 6 nitrogen and oxygen atoms in total. The molecule has 0 fully saturated rings. The summed E-state index contributed by atoms with van der Waals surface area (Å²) < 4.78 is 1.39. The molecule has 2 aromatic rings. The molecule has 0 radical (unpaired) electrons. The highest BCUT2D eigenvalue weighted by molar-refractivity contribution is 5.99. The first-order chi connectivity index (χ1) is 11.3.